The molecular formula is C22H28F6N2O. The summed E-state index contributed by atoms with van der Waals surface area (Å²) in [6.07, 6.45) is -5.20. The lowest BCUT2D eigenvalue weighted by molar-refractivity contribution is -0.143. The van der Waals surface area contributed by atoms with Gasteiger partial charge in [-0.2, -0.15) is 26.3 Å². The number of carbonyl (C=O) groups excluding carboxylic acids is 1. The van der Waals surface area contributed by atoms with E-state index in [9.17, 15) is 31.1 Å². The molecule has 1 aromatic carbocycles. The molecule has 2 aliphatic rings. The number of nitrogens with zero attached hydrogens (tertiary/aromatic N) is 1. The summed E-state index contributed by atoms with van der Waals surface area (Å²) in [5, 5.41) is 2.67. The van der Waals surface area contributed by atoms with Crippen molar-refractivity contribution in [1.82, 2.24) is 10.2 Å². The van der Waals surface area contributed by atoms with E-state index >= 15 is 0 Å². The Bertz CT molecular complexity index is 762. The van der Waals surface area contributed by atoms with E-state index in [4.69, 9.17) is 0 Å². The predicted molar refractivity (Wildman–Crippen MR) is 104 cm³/mol. The van der Waals surface area contributed by atoms with Gasteiger partial charge in [-0.3, -0.25) is 4.79 Å². The molecule has 9 heteroatoms. The topological polar surface area (TPSA) is 32.3 Å². The van der Waals surface area contributed by atoms with Gasteiger partial charge in [0, 0.05) is 11.6 Å². The van der Waals surface area contributed by atoms with Gasteiger partial charge in [-0.1, -0.05) is 13.8 Å². The highest BCUT2D eigenvalue weighted by Crippen LogP contribution is 2.54. The second kappa shape index (κ2) is 8.64. The molecule has 1 unspecified atom stereocenters. The molecule has 3 nitrogen and oxygen atoms in total. The van der Waals surface area contributed by atoms with E-state index in [0.717, 1.165) is 45.3 Å². The smallest absolute Gasteiger partial charge is 0.349 e. The van der Waals surface area contributed by atoms with Crippen molar-refractivity contribution in [1.29, 1.82) is 0 Å². The van der Waals surface area contributed by atoms with Crippen molar-refractivity contribution in [3.05, 3.63) is 34.9 Å². The molecule has 174 valence electrons. The lowest BCUT2D eigenvalue weighted by Crippen LogP contribution is -2.39. The average Bonchev–Trinajstić information content (AvgIpc) is 3.32. The van der Waals surface area contributed by atoms with Gasteiger partial charge in [-0.15, -0.1) is 0 Å². The average molecular weight is 450 g/mol. The van der Waals surface area contributed by atoms with Gasteiger partial charge in [0.25, 0.3) is 5.91 Å². The summed E-state index contributed by atoms with van der Waals surface area (Å²) >= 11 is 0. The van der Waals surface area contributed by atoms with Crippen LogP contribution in [0.15, 0.2) is 18.2 Å². The van der Waals surface area contributed by atoms with Crippen molar-refractivity contribution >= 4 is 5.91 Å². The molecule has 1 saturated carbocycles. The largest absolute Gasteiger partial charge is 0.416 e. The molecule has 1 atom stereocenters. The maximum atomic E-state index is 13.0. The van der Waals surface area contributed by atoms with Crippen LogP contribution in [0.3, 0.4) is 0 Å². The third-order valence-corrected chi connectivity index (χ3v) is 6.45. The molecule has 31 heavy (non-hydrogen) atoms. The predicted octanol–water partition coefficient (Wildman–Crippen LogP) is 5.74. The van der Waals surface area contributed by atoms with E-state index in [1.54, 1.807) is 0 Å². The Labute approximate surface area is 178 Å². The van der Waals surface area contributed by atoms with Gasteiger partial charge in [0.15, 0.2) is 0 Å². The first-order chi connectivity index (χ1) is 14.3. The first-order valence-electron chi connectivity index (χ1n) is 10.6. The van der Waals surface area contributed by atoms with Crippen LogP contribution < -0.4 is 5.32 Å². The molecule has 2 fully saturated rings. The highest BCUT2D eigenvalue weighted by Gasteiger charge is 2.55. The van der Waals surface area contributed by atoms with Gasteiger partial charge >= 0.3 is 12.4 Å². The summed E-state index contributed by atoms with van der Waals surface area (Å²) in [7, 11) is 0. The minimum absolute atomic E-state index is 0.0321. The molecule has 0 bridgehead atoms. The fraction of sp³-hybridized carbons (Fsp3) is 0.682. The number of hydrogen-bond donors (Lipinski definition) is 1. The van der Waals surface area contributed by atoms with Crippen molar-refractivity contribution < 1.29 is 31.1 Å². The van der Waals surface area contributed by atoms with E-state index in [-0.39, 0.29) is 17.5 Å². The summed E-state index contributed by atoms with van der Waals surface area (Å²) in [5.74, 6) is -0.231. The molecule has 3 rings (SSSR count). The third kappa shape index (κ3) is 5.93. The number of amides is 1. The fourth-order valence-electron chi connectivity index (χ4n) is 4.38. The van der Waals surface area contributed by atoms with Gasteiger partial charge in [0.2, 0.25) is 0 Å². The Hall–Kier alpha value is -1.77. The third-order valence-electron chi connectivity index (χ3n) is 6.45. The van der Waals surface area contributed by atoms with Crippen LogP contribution in [-0.2, 0) is 12.4 Å². The van der Waals surface area contributed by atoms with E-state index in [0.29, 0.717) is 24.5 Å². The molecule has 1 aliphatic carbocycles. The molecule has 1 aromatic rings. The monoisotopic (exact) mass is 450 g/mol. The Balaban J connectivity index is 1.61. The Morgan fingerprint density at radius 3 is 2.10 bits per heavy atom. The Morgan fingerprint density at radius 1 is 1.06 bits per heavy atom. The van der Waals surface area contributed by atoms with Gasteiger partial charge in [0.05, 0.1) is 11.1 Å². The lowest BCUT2D eigenvalue weighted by Gasteiger charge is -2.33. The number of piperidine rings is 1. The van der Waals surface area contributed by atoms with E-state index in [1.807, 2.05) is 0 Å². The van der Waals surface area contributed by atoms with Crippen LogP contribution in [0.4, 0.5) is 26.3 Å². The highest BCUT2D eigenvalue weighted by molar-refractivity contribution is 5.95. The second-order valence-corrected chi connectivity index (χ2v) is 9.26. The lowest BCUT2D eigenvalue weighted by atomic mass is 9.92. The molecule has 1 spiro atoms. The summed E-state index contributed by atoms with van der Waals surface area (Å²) in [6, 6.07) is 0.792. The van der Waals surface area contributed by atoms with Crippen LogP contribution in [0.1, 0.15) is 67.4 Å². The number of benzene rings is 1. The number of alkyl halides is 6. The van der Waals surface area contributed by atoms with E-state index < -0.39 is 35.0 Å². The van der Waals surface area contributed by atoms with Crippen LogP contribution in [0, 0.1) is 11.3 Å². The normalized spacial score (nSPS) is 21.5. The van der Waals surface area contributed by atoms with Crippen molar-refractivity contribution in [2.24, 2.45) is 11.3 Å². The van der Waals surface area contributed by atoms with Gasteiger partial charge in [-0.05, 0) is 81.3 Å². The summed E-state index contributed by atoms with van der Waals surface area (Å²) in [4.78, 5) is 14.9. The maximum absolute atomic E-state index is 13.0. The summed E-state index contributed by atoms with van der Waals surface area (Å²) in [6.45, 7) is 7.18. The molecule has 1 saturated heterocycles. The first-order valence-corrected chi connectivity index (χ1v) is 10.6. The summed E-state index contributed by atoms with van der Waals surface area (Å²) in [5.41, 5.74) is -3.66. The maximum Gasteiger partial charge on any atom is 0.416 e. The molecule has 1 amide bonds. The quantitative estimate of drug-likeness (QED) is 0.560. The van der Waals surface area contributed by atoms with Crippen molar-refractivity contribution in [2.45, 2.75) is 64.3 Å². The zero-order valence-electron chi connectivity index (χ0n) is 17.7. The van der Waals surface area contributed by atoms with Crippen LogP contribution in [0.2, 0.25) is 0 Å². The number of carbonyl (C=O) groups is 1. The first kappa shape index (κ1) is 23.9. The van der Waals surface area contributed by atoms with E-state index in [2.05, 4.69) is 24.1 Å². The summed E-state index contributed by atoms with van der Waals surface area (Å²) < 4.78 is 78.2. The Morgan fingerprint density at radius 2 is 1.61 bits per heavy atom. The van der Waals surface area contributed by atoms with Crippen molar-refractivity contribution in [3.8, 4) is 0 Å². The van der Waals surface area contributed by atoms with Crippen molar-refractivity contribution in [3.63, 3.8) is 0 Å². The highest BCUT2D eigenvalue weighted by atomic mass is 19.4. The number of hydrogen-bond acceptors (Lipinski definition) is 2. The molecule has 1 heterocycles. The molecular weight excluding hydrogens is 422 g/mol. The van der Waals surface area contributed by atoms with Crippen LogP contribution >= 0.6 is 0 Å². The second-order valence-electron chi connectivity index (χ2n) is 9.26. The van der Waals surface area contributed by atoms with Gasteiger partial charge < -0.3 is 10.2 Å². The van der Waals surface area contributed by atoms with Gasteiger partial charge in [-0.25, -0.2) is 0 Å². The molecule has 1 aliphatic heterocycles. The van der Waals surface area contributed by atoms with Crippen molar-refractivity contribution in [2.75, 3.05) is 19.6 Å². The fourth-order valence-corrected chi connectivity index (χ4v) is 4.38. The zero-order valence-corrected chi connectivity index (χ0v) is 17.7. The van der Waals surface area contributed by atoms with Gasteiger partial charge in [0.1, 0.15) is 0 Å². The number of nitrogens with one attached hydrogen (secondary N) is 1. The molecule has 0 radical (unpaired) electrons. The zero-order chi connectivity index (χ0) is 23.0. The molecule has 1 N–H and O–H groups in total. The molecule has 0 aromatic heterocycles. The van der Waals surface area contributed by atoms with E-state index in [1.165, 1.54) is 0 Å². The van der Waals surface area contributed by atoms with Crippen LogP contribution in [0.5, 0.6) is 0 Å². The van der Waals surface area contributed by atoms with Crippen LogP contribution in [-0.4, -0.2) is 36.5 Å². The van der Waals surface area contributed by atoms with Crippen LogP contribution in [0.25, 0.3) is 0 Å². The minimum atomic E-state index is -4.97. The minimum Gasteiger partial charge on any atom is -0.349 e. The number of likely N-dealkylation sites (tertiary alicyclic amines) is 1. The standard InChI is InChI=1S/C22H28F6N2O/c1-14(2)4-3-7-30-8-5-20(6-9-30)13-18(20)29-19(31)15-10-16(21(23,24)25)12-17(11-15)22(26,27)28/h10-12,14,18H,3-9,13H2,1-2H3,(H,29,31). The number of halogens is 6. The Kier molecular flexibility index (Phi) is 6.65. The number of rotatable bonds is 6. The SMILES string of the molecule is CC(C)CCCN1CCC2(CC1)CC2NC(=O)c1cc(C(F)(F)F)cc(C(F)(F)F)c1.